The zero-order chi connectivity index (χ0) is 24.0. The minimum atomic E-state index is -0.775. The minimum absolute atomic E-state index is 0.130. The Morgan fingerprint density at radius 1 is 1.03 bits per heavy atom. The number of nitro groups is 2. The van der Waals surface area contributed by atoms with Crippen molar-refractivity contribution in [1.29, 1.82) is 5.26 Å². The summed E-state index contributed by atoms with van der Waals surface area (Å²) in [5.74, 6) is -0.529. The third-order valence-electron chi connectivity index (χ3n) is 4.22. The SMILES string of the molecule is N#C/C(=C/c1ccc(Oc2ccc([N+](=O)[O-])cc2[N+](=O)[O-])cc1)C(=O)Nc1cccc(Br)c1. The number of anilines is 1. The maximum atomic E-state index is 12.4. The highest BCUT2D eigenvalue weighted by molar-refractivity contribution is 9.10. The van der Waals surface area contributed by atoms with Gasteiger partial charge in [-0.2, -0.15) is 5.26 Å². The van der Waals surface area contributed by atoms with E-state index in [-0.39, 0.29) is 17.1 Å². The van der Waals surface area contributed by atoms with Crippen LogP contribution in [0.3, 0.4) is 0 Å². The van der Waals surface area contributed by atoms with Crippen LogP contribution in [0.15, 0.2) is 76.8 Å². The van der Waals surface area contributed by atoms with Crippen molar-refractivity contribution in [3.8, 4) is 17.6 Å². The highest BCUT2D eigenvalue weighted by Crippen LogP contribution is 2.34. The Hall–Kier alpha value is -4.56. The number of nitrogens with one attached hydrogen (secondary N) is 1. The predicted octanol–water partition coefficient (Wildman–Crippen LogP) is 5.60. The molecule has 33 heavy (non-hydrogen) atoms. The number of non-ortho nitro benzene ring substituents is 1. The van der Waals surface area contributed by atoms with E-state index in [0.29, 0.717) is 11.3 Å². The molecule has 0 heterocycles. The molecule has 0 aliphatic heterocycles. The molecule has 0 bridgehead atoms. The molecule has 0 unspecified atom stereocenters. The van der Waals surface area contributed by atoms with E-state index >= 15 is 0 Å². The maximum absolute atomic E-state index is 12.4. The first-order valence-corrected chi connectivity index (χ1v) is 9.95. The van der Waals surface area contributed by atoms with Crippen LogP contribution in [0.1, 0.15) is 5.56 Å². The zero-order valence-electron chi connectivity index (χ0n) is 16.6. The van der Waals surface area contributed by atoms with Gasteiger partial charge in [-0.05, 0) is 48.0 Å². The number of nitro benzene ring substituents is 2. The fourth-order valence-corrected chi connectivity index (χ4v) is 3.09. The highest BCUT2D eigenvalue weighted by Gasteiger charge is 2.21. The summed E-state index contributed by atoms with van der Waals surface area (Å²) in [5.41, 5.74) is -0.0797. The largest absolute Gasteiger partial charge is 0.450 e. The standard InChI is InChI=1S/C22H13BrN4O6/c23-16-2-1-3-17(11-16)25-22(28)15(13-24)10-14-4-7-19(8-5-14)33-21-9-6-18(26(29)30)12-20(21)27(31)32/h1-12H,(H,25,28)/b15-10-. The van der Waals surface area contributed by atoms with Gasteiger partial charge in [0, 0.05) is 16.2 Å². The van der Waals surface area contributed by atoms with Gasteiger partial charge in [0.05, 0.1) is 15.9 Å². The number of amides is 1. The summed E-state index contributed by atoms with van der Waals surface area (Å²) in [5, 5.41) is 34.1. The summed E-state index contributed by atoms with van der Waals surface area (Å²) < 4.78 is 6.27. The molecule has 0 fully saturated rings. The van der Waals surface area contributed by atoms with Crippen LogP contribution < -0.4 is 10.1 Å². The lowest BCUT2D eigenvalue weighted by Gasteiger charge is -2.07. The van der Waals surface area contributed by atoms with Crippen molar-refractivity contribution >= 4 is 45.0 Å². The molecule has 0 saturated carbocycles. The van der Waals surface area contributed by atoms with Crippen molar-refractivity contribution in [3.63, 3.8) is 0 Å². The molecule has 164 valence electrons. The van der Waals surface area contributed by atoms with E-state index in [1.54, 1.807) is 36.4 Å². The van der Waals surface area contributed by atoms with Gasteiger partial charge in [0.25, 0.3) is 11.6 Å². The topological polar surface area (TPSA) is 148 Å². The lowest BCUT2D eigenvalue weighted by molar-refractivity contribution is -0.394. The monoisotopic (exact) mass is 508 g/mol. The number of nitrogens with zero attached hydrogens (tertiary/aromatic N) is 3. The molecule has 3 aromatic carbocycles. The molecule has 0 aliphatic rings. The quantitative estimate of drug-likeness (QED) is 0.189. The molecule has 0 aromatic heterocycles. The molecule has 0 spiro atoms. The summed E-state index contributed by atoms with van der Waals surface area (Å²) in [6.07, 6.45) is 1.38. The van der Waals surface area contributed by atoms with Gasteiger partial charge in [0.1, 0.15) is 17.4 Å². The van der Waals surface area contributed by atoms with Crippen molar-refractivity contribution in [2.75, 3.05) is 5.32 Å². The van der Waals surface area contributed by atoms with Crippen molar-refractivity contribution < 1.29 is 19.4 Å². The van der Waals surface area contributed by atoms with Crippen molar-refractivity contribution in [1.82, 2.24) is 0 Å². The number of rotatable bonds is 7. The molecule has 3 rings (SSSR count). The van der Waals surface area contributed by atoms with Gasteiger partial charge < -0.3 is 10.1 Å². The van der Waals surface area contributed by atoms with Crippen LogP contribution >= 0.6 is 15.9 Å². The molecule has 11 heteroatoms. The Morgan fingerprint density at radius 3 is 2.36 bits per heavy atom. The Kier molecular flexibility index (Phi) is 7.12. The number of nitriles is 1. The number of carbonyl (C=O) groups excluding carboxylic acids is 1. The van der Waals surface area contributed by atoms with Crippen LogP contribution in [0.25, 0.3) is 6.08 Å². The molecule has 0 saturated heterocycles. The second kappa shape index (κ2) is 10.2. The Bertz CT molecular complexity index is 1320. The number of benzene rings is 3. The molecule has 0 radical (unpaired) electrons. The lowest BCUT2D eigenvalue weighted by atomic mass is 10.1. The van der Waals surface area contributed by atoms with Crippen molar-refractivity contribution in [3.05, 3.63) is 103 Å². The number of carbonyl (C=O) groups is 1. The molecule has 10 nitrogen and oxygen atoms in total. The number of hydrogen-bond acceptors (Lipinski definition) is 7. The van der Waals surface area contributed by atoms with Gasteiger partial charge in [0.15, 0.2) is 0 Å². The fourth-order valence-electron chi connectivity index (χ4n) is 2.69. The Labute approximate surface area is 195 Å². The summed E-state index contributed by atoms with van der Waals surface area (Å²) in [6.45, 7) is 0. The summed E-state index contributed by atoms with van der Waals surface area (Å²) >= 11 is 3.30. The predicted molar refractivity (Wildman–Crippen MR) is 123 cm³/mol. The van der Waals surface area contributed by atoms with Gasteiger partial charge in [-0.25, -0.2) is 0 Å². The average molecular weight is 509 g/mol. The van der Waals surface area contributed by atoms with Crippen LogP contribution in [-0.4, -0.2) is 15.8 Å². The highest BCUT2D eigenvalue weighted by atomic mass is 79.9. The minimum Gasteiger partial charge on any atom is -0.450 e. The van der Waals surface area contributed by atoms with Crippen LogP contribution in [0, 0.1) is 31.6 Å². The fraction of sp³-hybridized carbons (Fsp3) is 0. The summed E-state index contributed by atoms with van der Waals surface area (Å²) in [6, 6.07) is 17.9. The third kappa shape index (κ3) is 5.99. The summed E-state index contributed by atoms with van der Waals surface area (Å²) in [7, 11) is 0. The van der Waals surface area contributed by atoms with Gasteiger partial charge >= 0.3 is 5.69 Å². The van der Waals surface area contributed by atoms with Crippen molar-refractivity contribution in [2.24, 2.45) is 0 Å². The molecule has 1 amide bonds. The number of hydrogen-bond donors (Lipinski definition) is 1. The van der Waals surface area contributed by atoms with E-state index in [2.05, 4.69) is 21.2 Å². The van der Waals surface area contributed by atoms with Crippen molar-refractivity contribution in [2.45, 2.75) is 0 Å². The number of ether oxygens (including phenoxy) is 1. The second-order valence-electron chi connectivity index (χ2n) is 6.47. The molecule has 1 N–H and O–H groups in total. The van der Waals surface area contributed by atoms with Crippen LogP contribution in [-0.2, 0) is 4.79 Å². The Morgan fingerprint density at radius 2 is 1.76 bits per heavy atom. The molecule has 3 aromatic rings. The molecular formula is C22H13BrN4O6. The van der Waals surface area contributed by atoms with Crippen LogP contribution in [0.5, 0.6) is 11.5 Å². The average Bonchev–Trinajstić information content (AvgIpc) is 2.78. The first-order chi connectivity index (χ1) is 15.8. The maximum Gasteiger partial charge on any atom is 0.318 e. The molecular weight excluding hydrogens is 496 g/mol. The summed E-state index contributed by atoms with van der Waals surface area (Å²) in [4.78, 5) is 33.0. The zero-order valence-corrected chi connectivity index (χ0v) is 18.2. The molecule has 0 aliphatic carbocycles. The van der Waals surface area contributed by atoms with Gasteiger partial charge in [-0.1, -0.05) is 34.1 Å². The van der Waals surface area contributed by atoms with Gasteiger partial charge in [-0.3, -0.25) is 25.0 Å². The third-order valence-corrected chi connectivity index (χ3v) is 4.71. The smallest absolute Gasteiger partial charge is 0.318 e. The first-order valence-electron chi connectivity index (χ1n) is 9.16. The van der Waals surface area contributed by atoms with E-state index in [0.717, 1.165) is 22.7 Å². The first kappa shape index (κ1) is 23.1. The van der Waals surface area contributed by atoms with Gasteiger partial charge in [-0.15, -0.1) is 0 Å². The van der Waals surface area contributed by atoms with Crippen LogP contribution in [0.4, 0.5) is 17.1 Å². The van der Waals surface area contributed by atoms with E-state index in [9.17, 15) is 30.3 Å². The Balaban J connectivity index is 1.77. The van der Waals surface area contributed by atoms with Gasteiger partial charge in [0.2, 0.25) is 5.75 Å². The van der Waals surface area contributed by atoms with E-state index < -0.39 is 27.1 Å². The second-order valence-corrected chi connectivity index (χ2v) is 7.39. The normalized spacial score (nSPS) is 10.7. The molecule has 0 atom stereocenters. The lowest BCUT2D eigenvalue weighted by Crippen LogP contribution is -2.13. The van der Waals surface area contributed by atoms with Crippen LogP contribution in [0.2, 0.25) is 0 Å². The van der Waals surface area contributed by atoms with E-state index in [1.807, 2.05) is 6.07 Å². The van der Waals surface area contributed by atoms with E-state index in [1.165, 1.54) is 18.2 Å². The number of halogens is 1. The van der Waals surface area contributed by atoms with E-state index in [4.69, 9.17) is 4.74 Å².